The van der Waals surface area contributed by atoms with Crippen LogP contribution in [0.3, 0.4) is 0 Å². The molecule has 0 amide bonds. The zero-order valence-corrected chi connectivity index (χ0v) is 48.9. The summed E-state index contributed by atoms with van der Waals surface area (Å²) in [4.78, 5) is 0. The molecule has 0 aromatic carbocycles. The lowest BCUT2D eigenvalue weighted by Gasteiger charge is -2.48. The third-order valence-electron chi connectivity index (χ3n) is 9.76. The molecule has 0 aliphatic heterocycles. The smallest absolute Gasteiger partial charge is 0.317 e. The first kappa shape index (κ1) is 58.4. The van der Waals surface area contributed by atoms with Gasteiger partial charge in [0, 0.05) is 12.3 Å². The van der Waals surface area contributed by atoms with E-state index < -0.39 is 73.6 Å². The van der Waals surface area contributed by atoms with Gasteiger partial charge in [0.1, 0.15) is 6.10 Å². The average Bonchev–Trinajstić information content (AvgIpc) is 3.00. The Morgan fingerprint density at radius 3 is 1.32 bits per heavy atom. The summed E-state index contributed by atoms with van der Waals surface area (Å²) in [5.41, 5.74) is 0.820. The Morgan fingerprint density at radius 2 is 0.860 bits per heavy atom. The number of unbranched alkanes of at least 4 members (excludes halogenated alkanes) is 12. The molecular formula is C40H98O9Si8. The van der Waals surface area contributed by atoms with Gasteiger partial charge >= 0.3 is 34.2 Å². The number of aliphatic hydroxyl groups excluding tert-OH is 2. The van der Waals surface area contributed by atoms with Crippen molar-refractivity contribution in [2.45, 2.75) is 238 Å². The van der Waals surface area contributed by atoms with E-state index in [-0.39, 0.29) is 13.2 Å². The molecule has 0 spiro atoms. The maximum atomic E-state index is 9.84. The molecule has 344 valence electrons. The molecule has 0 fully saturated rings. The number of aliphatic hydroxyl groups is 2. The molecule has 0 aliphatic carbocycles. The monoisotopic (exact) mass is 947 g/mol. The zero-order chi connectivity index (χ0) is 44.1. The number of hydrogen-bond donors (Lipinski definition) is 2. The molecule has 0 heterocycles. The fourth-order valence-electron chi connectivity index (χ4n) is 8.44. The van der Waals surface area contributed by atoms with Gasteiger partial charge in [0.2, 0.25) is 0 Å². The minimum absolute atomic E-state index is 0.120. The van der Waals surface area contributed by atoms with Crippen molar-refractivity contribution in [3.05, 3.63) is 0 Å². The molecule has 9 nitrogen and oxygen atoms in total. The summed E-state index contributed by atoms with van der Waals surface area (Å²) in [5.74, 6) is 0. The average molecular weight is 948 g/mol. The van der Waals surface area contributed by atoms with Crippen LogP contribution in [-0.4, -0.2) is 104 Å². The largest absolute Gasteiger partial charge is 0.456 e. The van der Waals surface area contributed by atoms with Gasteiger partial charge in [-0.1, -0.05) is 104 Å². The van der Waals surface area contributed by atoms with Crippen molar-refractivity contribution in [2.75, 3.05) is 19.8 Å². The second-order valence-corrected chi connectivity index (χ2v) is 54.0. The van der Waals surface area contributed by atoms with Crippen LogP contribution >= 0.6 is 0 Å². The fourth-order valence-corrected chi connectivity index (χ4v) is 53.1. The van der Waals surface area contributed by atoms with Gasteiger partial charge in [-0.15, -0.1) is 0 Å². The molecule has 2 N–H and O–H groups in total. The van der Waals surface area contributed by atoms with Gasteiger partial charge in [-0.25, -0.2) is 0 Å². The Kier molecular flexibility index (Phi) is 28.2. The predicted molar refractivity (Wildman–Crippen MR) is 264 cm³/mol. The summed E-state index contributed by atoms with van der Waals surface area (Å²) in [5, 5.41) is 19.1. The first-order valence-electron chi connectivity index (χ1n) is 23.1. The second kappa shape index (κ2) is 27.5. The fraction of sp³-hybridized carbons (Fsp3) is 1.00. The minimum atomic E-state index is -3.02. The van der Waals surface area contributed by atoms with Crippen molar-refractivity contribution in [3.8, 4) is 0 Å². The normalized spacial score (nSPS) is 17.3. The maximum Gasteiger partial charge on any atom is 0.317 e. The number of hydrogen-bond acceptors (Lipinski definition) is 9. The van der Waals surface area contributed by atoms with Crippen molar-refractivity contribution >= 4 is 67.5 Å². The van der Waals surface area contributed by atoms with Crippen LogP contribution in [0.1, 0.15) is 110 Å². The van der Waals surface area contributed by atoms with E-state index in [0.717, 1.165) is 30.6 Å². The molecule has 57 heavy (non-hydrogen) atoms. The van der Waals surface area contributed by atoms with Gasteiger partial charge < -0.3 is 39.6 Å². The Bertz CT molecular complexity index is 1050. The first-order valence-corrected chi connectivity index (χ1v) is 46.5. The molecule has 4 unspecified atom stereocenters. The Morgan fingerprint density at radius 1 is 0.421 bits per heavy atom. The summed E-state index contributed by atoms with van der Waals surface area (Å²) in [6.07, 6.45) is 18.1. The highest BCUT2D eigenvalue weighted by molar-refractivity contribution is 6.98. The lowest BCUT2D eigenvalue weighted by molar-refractivity contribution is 0.00623. The van der Waals surface area contributed by atoms with Crippen molar-refractivity contribution in [2.24, 2.45) is 0 Å². The van der Waals surface area contributed by atoms with E-state index in [0.29, 0.717) is 6.61 Å². The topological polar surface area (TPSA) is 105 Å². The molecule has 0 aromatic heterocycles. The van der Waals surface area contributed by atoms with E-state index in [4.69, 9.17) is 29.4 Å². The van der Waals surface area contributed by atoms with Crippen LogP contribution in [0.25, 0.3) is 0 Å². The van der Waals surface area contributed by atoms with Gasteiger partial charge in [0.05, 0.1) is 13.2 Å². The third kappa shape index (κ3) is 31.8. The Labute approximate surface area is 363 Å². The SMILES string of the molecule is CCCCCCCCCCCCCC[Si](C)(O[Si](C)(C)O[Si](C)(C)C)O[Si](C)(C[Si](C)(C)O[Si](C)(C)CCCC)O[Si](C)(CCCOCC(O)CO)O[Si](C)(C)C. The quantitative estimate of drug-likeness (QED) is 0.0465. The van der Waals surface area contributed by atoms with Crippen molar-refractivity contribution in [3.63, 3.8) is 0 Å². The van der Waals surface area contributed by atoms with Crippen LogP contribution in [0.2, 0.25) is 122 Å². The van der Waals surface area contributed by atoms with Crippen molar-refractivity contribution in [1.29, 1.82) is 0 Å². The van der Waals surface area contributed by atoms with E-state index in [1.165, 1.54) is 89.5 Å². The van der Waals surface area contributed by atoms with E-state index in [1.54, 1.807) is 0 Å². The number of ether oxygens (including phenoxy) is 1. The Balaban J connectivity index is 6.57. The van der Waals surface area contributed by atoms with Gasteiger partial charge in [-0.3, -0.25) is 0 Å². The second-order valence-electron chi connectivity index (χ2n) is 21.1. The Hall–Kier alpha value is 1.38. The maximum absolute atomic E-state index is 9.84. The highest BCUT2D eigenvalue weighted by atomic mass is 28.5. The summed E-state index contributed by atoms with van der Waals surface area (Å²) < 4.78 is 49.7. The molecule has 0 aromatic rings. The lowest BCUT2D eigenvalue weighted by Crippen LogP contribution is -2.64. The van der Waals surface area contributed by atoms with Crippen LogP contribution in [0.15, 0.2) is 0 Å². The standard InChI is InChI=1S/C40H98O9Si8/c1-18-20-22-23-24-25-26-27-28-29-30-31-35-56(16,47-54(13,14)44-50(3,4)5)49-57(17,39-53(11,12)46-52(9,10)34-21-19-2)48-55(15,45-51(6,7)8)36-32-33-43-38-40(42)37-41/h40-42H,18-39H2,1-17H3. The van der Waals surface area contributed by atoms with Crippen LogP contribution in [-0.2, 0) is 29.4 Å². The van der Waals surface area contributed by atoms with E-state index >= 15 is 0 Å². The molecular weight excluding hydrogens is 849 g/mol. The molecule has 0 saturated carbocycles. The van der Waals surface area contributed by atoms with Crippen LogP contribution in [0.5, 0.6) is 0 Å². The van der Waals surface area contributed by atoms with Gasteiger partial charge in [0.25, 0.3) is 0 Å². The van der Waals surface area contributed by atoms with Gasteiger partial charge in [0.15, 0.2) is 33.3 Å². The van der Waals surface area contributed by atoms with Crippen molar-refractivity contribution in [1.82, 2.24) is 0 Å². The van der Waals surface area contributed by atoms with Gasteiger partial charge in [-0.05, 0) is 123 Å². The van der Waals surface area contributed by atoms with Crippen LogP contribution < -0.4 is 0 Å². The first-order chi connectivity index (χ1) is 26.0. The van der Waals surface area contributed by atoms with Crippen LogP contribution in [0, 0.1) is 0 Å². The predicted octanol–water partition coefficient (Wildman–Crippen LogP) is 12.9. The highest BCUT2D eigenvalue weighted by Gasteiger charge is 2.54. The van der Waals surface area contributed by atoms with E-state index in [1.807, 2.05) is 0 Å². The summed E-state index contributed by atoms with van der Waals surface area (Å²) >= 11 is 0. The van der Waals surface area contributed by atoms with Crippen LogP contribution in [0.4, 0.5) is 0 Å². The van der Waals surface area contributed by atoms with Crippen molar-refractivity contribution < 1.29 is 39.6 Å². The minimum Gasteiger partial charge on any atom is -0.456 e. The van der Waals surface area contributed by atoms with Gasteiger partial charge in [-0.2, -0.15) is 0 Å². The third-order valence-corrected chi connectivity index (χ3v) is 43.4. The summed E-state index contributed by atoms with van der Waals surface area (Å²) in [6, 6.07) is 2.85. The van der Waals surface area contributed by atoms with E-state index in [2.05, 4.69) is 112 Å². The lowest BCUT2D eigenvalue weighted by atomic mass is 10.1. The molecule has 0 bridgehead atoms. The molecule has 4 atom stereocenters. The molecule has 0 aliphatic rings. The zero-order valence-electron chi connectivity index (χ0n) is 40.9. The molecule has 0 rings (SSSR count). The molecule has 0 radical (unpaired) electrons. The summed E-state index contributed by atoms with van der Waals surface area (Å²) in [7, 11) is -19.3. The highest BCUT2D eigenvalue weighted by Crippen LogP contribution is 2.37. The van der Waals surface area contributed by atoms with E-state index in [9.17, 15) is 10.2 Å². The summed E-state index contributed by atoms with van der Waals surface area (Å²) in [6.45, 7) is 39.1. The molecule has 0 saturated heterocycles. The molecule has 17 heteroatoms. The number of rotatable bonds is 37.